The van der Waals surface area contributed by atoms with Crippen molar-refractivity contribution in [3.8, 4) is 11.5 Å². The Hall–Kier alpha value is -3.26. The van der Waals surface area contributed by atoms with E-state index in [1.807, 2.05) is 49.4 Å². The second-order valence-electron chi connectivity index (χ2n) is 7.57. The Balaban J connectivity index is 1.35. The number of carbonyl (C=O) groups excluding carboxylic acids is 1. The lowest BCUT2D eigenvalue weighted by Gasteiger charge is -2.31. The van der Waals surface area contributed by atoms with Crippen molar-refractivity contribution in [1.82, 2.24) is 4.90 Å². The second-order valence-corrected chi connectivity index (χ2v) is 9.40. The van der Waals surface area contributed by atoms with E-state index in [0.717, 1.165) is 5.39 Å². The van der Waals surface area contributed by atoms with E-state index < -0.39 is 10.0 Å². The number of carbonyl (C=O) groups is 1. The lowest BCUT2D eigenvalue weighted by Crippen LogP contribution is -2.47. The van der Waals surface area contributed by atoms with Gasteiger partial charge >= 0.3 is 0 Å². The summed E-state index contributed by atoms with van der Waals surface area (Å²) < 4.78 is 39.2. The number of nitrogens with zero attached hydrogens (tertiary/aromatic N) is 2. The maximum Gasteiger partial charge on any atom is 0.265 e. The molecule has 1 atom stereocenters. The molecular weight excluding hydrogens is 416 g/mol. The highest BCUT2D eigenvalue weighted by atomic mass is 32.2. The normalized spacial score (nSPS) is 18.2. The van der Waals surface area contributed by atoms with Crippen LogP contribution in [0.5, 0.6) is 11.5 Å². The molecule has 5 rings (SSSR count). The second kappa shape index (κ2) is 7.46. The van der Waals surface area contributed by atoms with E-state index in [1.54, 1.807) is 23.1 Å². The summed E-state index contributed by atoms with van der Waals surface area (Å²) in [5, 5.41) is 1.51. The summed E-state index contributed by atoms with van der Waals surface area (Å²) in [5.41, 5.74) is 0.545. The van der Waals surface area contributed by atoms with Crippen molar-refractivity contribution < 1.29 is 22.7 Å². The predicted molar refractivity (Wildman–Crippen MR) is 117 cm³/mol. The fourth-order valence-electron chi connectivity index (χ4n) is 4.16. The molecule has 2 heterocycles. The molecule has 0 aromatic heterocycles. The van der Waals surface area contributed by atoms with E-state index in [1.165, 1.54) is 4.31 Å². The third kappa shape index (κ3) is 3.27. The Kier molecular flexibility index (Phi) is 4.74. The first-order valence-corrected chi connectivity index (χ1v) is 11.6. The molecule has 2 aliphatic rings. The molecular formula is C23H22N2O5S. The van der Waals surface area contributed by atoms with Crippen LogP contribution in [0, 0.1) is 0 Å². The van der Waals surface area contributed by atoms with E-state index in [0.29, 0.717) is 42.3 Å². The summed E-state index contributed by atoms with van der Waals surface area (Å²) in [7, 11) is -3.78. The van der Waals surface area contributed by atoms with E-state index >= 15 is 0 Å². The SMILES string of the molecule is CCN(CC1COc2ccccc2O1)C(=O)CN1c2cccc3cccc(c23)S1(=O)=O. The third-order valence-corrected chi connectivity index (χ3v) is 7.49. The van der Waals surface area contributed by atoms with Gasteiger partial charge in [0.05, 0.1) is 17.1 Å². The van der Waals surface area contributed by atoms with Crippen molar-refractivity contribution in [1.29, 1.82) is 0 Å². The van der Waals surface area contributed by atoms with Crippen molar-refractivity contribution in [2.45, 2.75) is 17.9 Å². The highest BCUT2D eigenvalue weighted by Crippen LogP contribution is 2.41. The third-order valence-electron chi connectivity index (χ3n) is 5.69. The number of hydrogen-bond donors (Lipinski definition) is 0. The molecule has 0 spiro atoms. The van der Waals surface area contributed by atoms with Crippen LogP contribution < -0.4 is 13.8 Å². The average Bonchev–Trinajstić information content (AvgIpc) is 3.00. The van der Waals surface area contributed by atoms with Crippen LogP contribution in [0.2, 0.25) is 0 Å². The van der Waals surface area contributed by atoms with Gasteiger partial charge in [0, 0.05) is 11.9 Å². The zero-order valence-electron chi connectivity index (χ0n) is 17.0. The van der Waals surface area contributed by atoms with Gasteiger partial charge in [0.2, 0.25) is 5.91 Å². The Labute approximate surface area is 180 Å². The van der Waals surface area contributed by atoms with Crippen LogP contribution in [0.3, 0.4) is 0 Å². The number of anilines is 1. The number of para-hydroxylation sites is 2. The molecule has 1 unspecified atom stereocenters. The topological polar surface area (TPSA) is 76.2 Å². The van der Waals surface area contributed by atoms with Crippen molar-refractivity contribution >= 4 is 32.4 Å². The van der Waals surface area contributed by atoms with Crippen molar-refractivity contribution in [2.75, 3.05) is 30.5 Å². The fraction of sp³-hybridized carbons (Fsp3) is 0.261. The number of hydrogen-bond acceptors (Lipinski definition) is 5. The minimum Gasteiger partial charge on any atom is -0.486 e. The molecule has 0 aliphatic carbocycles. The maximum atomic E-state index is 13.1. The first-order valence-electron chi connectivity index (χ1n) is 10.2. The Morgan fingerprint density at radius 2 is 1.81 bits per heavy atom. The van der Waals surface area contributed by atoms with E-state index in [9.17, 15) is 13.2 Å². The quantitative estimate of drug-likeness (QED) is 0.612. The molecule has 7 nitrogen and oxygen atoms in total. The molecule has 2 aliphatic heterocycles. The van der Waals surface area contributed by atoms with Gasteiger partial charge in [-0.2, -0.15) is 0 Å². The molecule has 0 saturated carbocycles. The average molecular weight is 439 g/mol. The van der Waals surface area contributed by atoms with Crippen LogP contribution in [-0.2, 0) is 14.8 Å². The van der Waals surface area contributed by atoms with Crippen LogP contribution in [0.15, 0.2) is 65.6 Å². The molecule has 0 fully saturated rings. The van der Waals surface area contributed by atoms with E-state index in [2.05, 4.69) is 0 Å². The zero-order valence-corrected chi connectivity index (χ0v) is 17.8. The lowest BCUT2D eigenvalue weighted by molar-refractivity contribution is -0.130. The summed E-state index contributed by atoms with van der Waals surface area (Å²) in [6, 6.07) is 18.0. The Bertz CT molecular complexity index is 1270. The minimum absolute atomic E-state index is 0.247. The van der Waals surface area contributed by atoms with Gasteiger partial charge in [-0.1, -0.05) is 36.4 Å². The summed E-state index contributed by atoms with van der Waals surface area (Å²) in [6.07, 6.45) is -0.324. The number of amides is 1. The summed E-state index contributed by atoms with van der Waals surface area (Å²) in [5.74, 6) is 1.05. The highest BCUT2D eigenvalue weighted by Gasteiger charge is 2.37. The number of benzene rings is 3. The van der Waals surface area contributed by atoms with E-state index in [4.69, 9.17) is 9.47 Å². The molecule has 1 amide bonds. The summed E-state index contributed by atoms with van der Waals surface area (Å²) in [4.78, 5) is 15.0. The van der Waals surface area contributed by atoms with Gasteiger partial charge in [0.25, 0.3) is 10.0 Å². The molecule has 3 aromatic rings. The van der Waals surface area contributed by atoms with Gasteiger partial charge in [-0.25, -0.2) is 8.42 Å². The molecule has 3 aromatic carbocycles. The number of rotatable bonds is 5. The van der Waals surface area contributed by atoms with Gasteiger partial charge in [0.15, 0.2) is 17.6 Å². The van der Waals surface area contributed by atoms with Crippen molar-refractivity contribution in [3.63, 3.8) is 0 Å². The van der Waals surface area contributed by atoms with Gasteiger partial charge in [-0.05, 0) is 36.6 Å². The van der Waals surface area contributed by atoms with Crippen LogP contribution in [0.25, 0.3) is 10.8 Å². The molecule has 0 radical (unpaired) electrons. The summed E-state index contributed by atoms with van der Waals surface area (Å²) >= 11 is 0. The lowest BCUT2D eigenvalue weighted by atomic mass is 10.1. The standard InChI is InChI=1S/C23H22N2O5S/c1-2-24(13-17-15-29-19-10-3-4-11-20(19)30-17)22(26)14-25-18-9-5-7-16-8-6-12-21(23(16)18)31(25,27)28/h3-12,17H,2,13-15H2,1H3. The molecule has 31 heavy (non-hydrogen) atoms. The molecule has 0 saturated heterocycles. The maximum absolute atomic E-state index is 13.1. The van der Waals surface area contributed by atoms with Gasteiger partial charge in [0.1, 0.15) is 13.2 Å². The van der Waals surface area contributed by atoms with Crippen LogP contribution >= 0.6 is 0 Å². The number of likely N-dealkylation sites (N-methyl/N-ethyl adjacent to an activating group) is 1. The molecule has 0 N–H and O–H groups in total. The van der Waals surface area contributed by atoms with Crippen LogP contribution in [-0.4, -0.2) is 51.6 Å². The van der Waals surface area contributed by atoms with Crippen molar-refractivity contribution in [2.24, 2.45) is 0 Å². The van der Waals surface area contributed by atoms with Gasteiger partial charge in [-0.15, -0.1) is 0 Å². The molecule has 8 heteroatoms. The summed E-state index contributed by atoms with van der Waals surface area (Å²) in [6.45, 7) is 2.69. The predicted octanol–water partition coefficient (Wildman–Crippen LogP) is 3.04. The van der Waals surface area contributed by atoms with Crippen LogP contribution in [0.1, 0.15) is 6.92 Å². The number of ether oxygens (including phenoxy) is 2. The van der Waals surface area contributed by atoms with Gasteiger partial charge < -0.3 is 14.4 Å². The Morgan fingerprint density at radius 1 is 1.06 bits per heavy atom. The zero-order chi connectivity index (χ0) is 21.6. The number of sulfonamides is 1. The Morgan fingerprint density at radius 3 is 2.58 bits per heavy atom. The highest BCUT2D eigenvalue weighted by molar-refractivity contribution is 7.93. The first-order chi connectivity index (χ1) is 15.0. The smallest absolute Gasteiger partial charge is 0.265 e. The van der Waals surface area contributed by atoms with Crippen LogP contribution in [0.4, 0.5) is 5.69 Å². The monoisotopic (exact) mass is 438 g/mol. The fourth-order valence-corrected chi connectivity index (χ4v) is 5.82. The minimum atomic E-state index is -3.78. The molecule has 160 valence electrons. The molecule has 0 bridgehead atoms. The van der Waals surface area contributed by atoms with E-state index in [-0.39, 0.29) is 23.5 Å². The van der Waals surface area contributed by atoms with Crippen molar-refractivity contribution in [3.05, 3.63) is 60.7 Å². The first kappa shape index (κ1) is 19.7. The van der Waals surface area contributed by atoms with Gasteiger partial charge in [-0.3, -0.25) is 9.10 Å². The number of fused-ring (bicyclic) bond motifs is 1. The largest absolute Gasteiger partial charge is 0.486 e.